The van der Waals surface area contributed by atoms with Crippen molar-refractivity contribution in [2.45, 2.75) is 25.8 Å². The zero-order valence-electron chi connectivity index (χ0n) is 16.2. The normalized spacial score (nSPS) is 17.3. The van der Waals surface area contributed by atoms with E-state index in [1.165, 1.54) is 0 Å². The standard InChI is InChI=1S/C21H23N5O3/c1-13-6-7-15(17(27)10-13)19-16-5-2-8-22-20(16)21(25-24-19)23-14-4-3-9-26(11-14)12-18(28)29/h2,5-8,10,14,27H,3-4,9,11-12H2,1H3,(H,23,25)(H,28,29). The Bertz CT molecular complexity index is 1060. The van der Waals surface area contributed by atoms with Gasteiger partial charge in [-0.1, -0.05) is 6.07 Å². The zero-order chi connectivity index (χ0) is 20.4. The van der Waals surface area contributed by atoms with Gasteiger partial charge in [0.15, 0.2) is 5.82 Å². The smallest absolute Gasteiger partial charge is 0.317 e. The minimum atomic E-state index is -0.820. The number of rotatable bonds is 5. The number of phenols is 1. The molecule has 0 bridgehead atoms. The molecule has 3 N–H and O–H groups in total. The largest absolute Gasteiger partial charge is 0.507 e. The predicted octanol–water partition coefficient (Wildman–Crippen LogP) is 2.67. The first kappa shape index (κ1) is 19.1. The lowest BCUT2D eigenvalue weighted by Gasteiger charge is -2.32. The summed E-state index contributed by atoms with van der Waals surface area (Å²) in [5, 5.41) is 32.4. The van der Waals surface area contributed by atoms with Crippen LogP contribution in [0.5, 0.6) is 5.75 Å². The molecule has 3 heterocycles. The summed E-state index contributed by atoms with van der Waals surface area (Å²) in [5.74, 6) is -0.0975. The quantitative estimate of drug-likeness (QED) is 0.607. The van der Waals surface area contributed by atoms with Crippen molar-refractivity contribution < 1.29 is 15.0 Å². The van der Waals surface area contributed by atoms with Gasteiger partial charge in [0, 0.05) is 29.7 Å². The van der Waals surface area contributed by atoms with E-state index in [1.54, 1.807) is 12.3 Å². The molecule has 1 fully saturated rings. The van der Waals surface area contributed by atoms with Crippen LogP contribution in [0.4, 0.5) is 5.82 Å². The summed E-state index contributed by atoms with van der Waals surface area (Å²) in [4.78, 5) is 17.4. The van der Waals surface area contributed by atoms with E-state index in [1.807, 2.05) is 36.1 Å². The molecule has 150 valence electrons. The minimum Gasteiger partial charge on any atom is -0.507 e. The number of pyridine rings is 1. The van der Waals surface area contributed by atoms with Gasteiger partial charge >= 0.3 is 5.97 Å². The van der Waals surface area contributed by atoms with Gasteiger partial charge in [-0.05, 0) is 56.1 Å². The average molecular weight is 393 g/mol. The van der Waals surface area contributed by atoms with Crippen LogP contribution in [0.25, 0.3) is 22.2 Å². The number of likely N-dealkylation sites (tertiary alicyclic amines) is 1. The molecule has 0 aliphatic carbocycles. The van der Waals surface area contributed by atoms with Crippen molar-refractivity contribution in [3.05, 3.63) is 42.1 Å². The summed E-state index contributed by atoms with van der Waals surface area (Å²) in [7, 11) is 0. The fourth-order valence-corrected chi connectivity index (χ4v) is 3.83. The molecule has 1 aliphatic rings. The molecule has 2 aromatic heterocycles. The zero-order valence-corrected chi connectivity index (χ0v) is 16.2. The number of phenolic OH excluding ortho intramolecular Hbond substituents is 1. The van der Waals surface area contributed by atoms with E-state index in [4.69, 9.17) is 5.11 Å². The van der Waals surface area contributed by atoms with Gasteiger partial charge in [0.25, 0.3) is 0 Å². The van der Waals surface area contributed by atoms with Gasteiger partial charge < -0.3 is 15.5 Å². The van der Waals surface area contributed by atoms with Crippen LogP contribution in [0.2, 0.25) is 0 Å². The third-order valence-corrected chi connectivity index (χ3v) is 5.15. The fourth-order valence-electron chi connectivity index (χ4n) is 3.83. The molecule has 3 aromatic rings. The molecule has 0 saturated carbocycles. The minimum absolute atomic E-state index is 0.0362. The predicted molar refractivity (Wildman–Crippen MR) is 110 cm³/mol. The Morgan fingerprint density at radius 2 is 2.17 bits per heavy atom. The molecule has 0 radical (unpaired) electrons. The van der Waals surface area contributed by atoms with Crippen molar-refractivity contribution in [2.75, 3.05) is 25.0 Å². The van der Waals surface area contributed by atoms with Gasteiger partial charge in [0.1, 0.15) is 17.0 Å². The number of carboxylic acids is 1. The molecule has 1 aromatic carbocycles. The van der Waals surface area contributed by atoms with Crippen LogP contribution < -0.4 is 5.32 Å². The van der Waals surface area contributed by atoms with E-state index < -0.39 is 5.97 Å². The number of nitrogens with one attached hydrogen (secondary N) is 1. The number of nitrogens with zero attached hydrogens (tertiary/aromatic N) is 4. The Kier molecular flexibility index (Phi) is 5.26. The van der Waals surface area contributed by atoms with Crippen LogP contribution in [-0.2, 0) is 4.79 Å². The Hall–Kier alpha value is -3.26. The number of aliphatic carboxylic acids is 1. The summed E-state index contributed by atoms with van der Waals surface area (Å²) in [6.07, 6.45) is 3.54. The lowest BCUT2D eigenvalue weighted by Crippen LogP contribution is -2.44. The van der Waals surface area contributed by atoms with Gasteiger partial charge in [0.2, 0.25) is 0 Å². The Morgan fingerprint density at radius 3 is 2.97 bits per heavy atom. The maximum Gasteiger partial charge on any atom is 0.317 e. The fraction of sp³-hybridized carbons (Fsp3) is 0.333. The van der Waals surface area contributed by atoms with Gasteiger partial charge in [-0.25, -0.2) is 0 Å². The SMILES string of the molecule is Cc1ccc(-c2nnc(NC3CCCN(CC(=O)O)C3)c3ncccc23)c(O)c1. The highest BCUT2D eigenvalue weighted by molar-refractivity contribution is 5.98. The van der Waals surface area contributed by atoms with E-state index in [0.29, 0.717) is 29.1 Å². The van der Waals surface area contributed by atoms with E-state index in [-0.39, 0.29) is 18.3 Å². The second-order valence-corrected chi connectivity index (χ2v) is 7.43. The average Bonchev–Trinajstić information content (AvgIpc) is 2.69. The molecule has 8 heteroatoms. The van der Waals surface area contributed by atoms with E-state index in [2.05, 4.69) is 20.5 Å². The lowest BCUT2D eigenvalue weighted by molar-refractivity contribution is -0.138. The Morgan fingerprint density at radius 1 is 1.31 bits per heavy atom. The van der Waals surface area contributed by atoms with Crippen LogP contribution >= 0.6 is 0 Å². The maximum atomic E-state index is 11.0. The van der Waals surface area contributed by atoms with Crippen LogP contribution in [0, 0.1) is 6.92 Å². The monoisotopic (exact) mass is 393 g/mol. The summed E-state index contributed by atoms with van der Waals surface area (Å²) in [6, 6.07) is 9.26. The summed E-state index contributed by atoms with van der Waals surface area (Å²) in [6.45, 7) is 3.36. The molecule has 1 saturated heterocycles. The number of aryl methyl sites for hydroxylation is 1. The number of anilines is 1. The second kappa shape index (κ2) is 8.00. The van der Waals surface area contributed by atoms with E-state index in [9.17, 15) is 9.90 Å². The number of fused-ring (bicyclic) bond motifs is 1. The number of aromatic nitrogens is 3. The second-order valence-electron chi connectivity index (χ2n) is 7.43. The number of aromatic hydroxyl groups is 1. The molecule has 1 atom stereocenters. The van der Waals surface area contributed by atoms with Crippen molar-refractivity contribution in [3.8, 4) is 17.0 Å². The lowest BCUT2D eigenvalue weighted by atomic mass is 10.0. The van der Waals surface area contributed by atoms with Gasteiger partial charge in [-0.15, -0.1) is 10.2 Å². The number of hydrogen-bond donors (Lipinski definition) is 3. The first-order valence-electron chi connectivity index (χ1n) is 9.63. The highest BCUT2D eigenvalue weighted by Gasteiger charge is 2.23. The van der Waals surface area contributed by atoms with Gasteiger partial charge in [-0.2, -0.15) is 0 Å². The third kappa shape index (κ3) is 4.12. The summed E-state index contributed by atoms with van der Waals surface area (Å²) >= 11 is 0. The van der Waals surface area contributed by atoms with Crippen molar-refractivity contribution in [1.82, 2.24) is 20.1 Å². The Balaban J connectivity index is 1.66. The van der Waals surface area contributed by atoms with Crippen LogP contribution in [0.15, 0.2) is 36.5 Å². The first-order valence-corrected chi connectivity index (χ1v) is 9.63. The molecule has 4 rings (SSSR count). The van der Waals surface area contributed by atoms with Crippen LogP contribution in [0.3, 0.4) is 0 Å². The molecule has 0 spiro atoms. The number of carbonyl (C=O) groups is 1. The molecule has 1 unspecified atom stereocenters. The highest BCUT2D eigenvalue weighted by Crippen LogP contribution is 2.34. The number of hydrogen-bond acceptors (Lipinski definition) is 7. The van der Waals surface area contributed by atoms with E-state index in [0.717, 1.165) is 30.3 Å². The highest BCUT2D eigenvalue weighted by atomic mass is 16.4. The molecule has 29 heavy (non-hydrogen) atoms. The first-order chi connectivity index (χ1) is 14.0. The van der Waals surface area contributed by atoms with Crippen molar-refractivity contribution >= 4 is 22.7 Å². The van der Waals surface area contributed by atoms with Crippen molar-refractivity contribution in [3.63, 3.8) is 0 Å². The number of benzene rings is 1. The van der Waals surface area contributed by atoms with Gasteiger partial charge in [-0.3, -0.25) is 14.7 Å². The summed E-state index contributed by atoms with van der Waals surface area (Å²) < 4.78 is 0. The summed E-state index contributed by atoms with van der Waals surface area (Å²) in [5.41, 5.74) is 2.82. The molecule has 0 amide bonds. The number of piperidine rings is 1. The number of carboxylic acid groups (broad SMARTS) is 1. The van der Waals surface area contributed by atoms with Crippen molar-refractivity contribution in [2.24, 2.45) is 0 Å². The molecular weight excluding hydrogens is 370 g/mol. The molecule has 8 nitrogen and oxygen atoms in total. The van der Waals surface area contributed by atoms with E-state index >= 15 is 0 Å². The van der Waals surface area contributed by atoms with Crippen LogP contribution in [0.1, 0.15) is 18.4 Å². The molecular formula is C21H23N5O3. The van der Waals surface area contributed by atoms with Gasteiger partial charge in [0.05, 0.1) is 6.54 Å². The van der Waals surface area contributed by atoms with Crippen LogP contribution in [-0.4, -0.2) is 61.9 Å². The van der Waals surface area contributed by atoms with Crippen molar-refractivity contribution in [1.29, 1.82) is 0 Å². The molecule has 1 aliphatic heterocycles. The maximum absolute atomic E-state index is 11.0. The third-order valence-electron chi connectivity index (χ3n) is 5.15. The Labute approximate surface area is 168 Å². The topological polar surface area (TPSA) is 111 Å².